The maximum Gasteiger partial charge on any atom is 0.217 e. The summed E-state index contributed by atoms with van der Waals surface area (Å²) >= 11 is 0. The summed E-state index contributed by atoms with van der Waals surface area (Å²) < 4.78 is 26.5. The van der Waals surface area contributed by atoms with E-state index in [9.17, 15) is 8.42 Å². The zero-order chi connectivity index (χ0) is 10.6. The highest BCUT2D eigenvalue weighted by Gasteiger charge is 2.11. The minimum Gasteiger partial charge on any atom is -0.269 e. The van der Waals surface area contributed by atoms with Gasteiger partial charge in [0.1, 0.15) is 5.75 Å². The van der Waals surface area contributed by atoms with Crippen LogP contribution in [0.1, 0.15) is 19.0 Å². The lowest BCUT2D eigenvalue weighted by Crippen LogP contribution is -2.22. The molecule has 0 aromatic carbocycles. The van der Waals surface area contributed by atoms with E-state index in [1.807, 2.05) is 6.92 Å². The van der Waals surface area contributed by atoms with Gasteiger partial charge in [-0.25, -0.2) is 13.1 Å². The third kappa shape index (κ3) is 2.81. The predicted octanol–water partition coefficient (Wildman–Crippen LogP) is 0.342. The third-order valence-electron chi connectivity index (χ3n) is 1.89. The fourth-order valence-electron chi connectivity index (χ4n) is 1.16. The van der Waals surface area contributed by atoms with E-state index >= 15 is 0 Å². The Morgan fingerprint density at radius 1 is 1.57 bits per heavy atom. The highest BCUT2D eigenvalue weighted by atomic mass is 32.2. The van der Waals surface area contributed by atoms with Gasteiger partial charge in [-0.1, -0.05) is 6.92 Å². The molecule has 0 aliphatic carbocycles. The maximum atomic E-state index is 11.3. The minimum absolute atomic E-state index is 0.0104. The third-order valence-corrected chi connectivity index (χ3v) is 3.19. The Hall–Kier alpha value is -0.880. The van der Waals surface area contributed by atoms with Crippen molar-refractivity contribution >= 4 is 10.0 Å². The minimum atomic E-state index is -3.19. The van der Waals surface area contributed by atoms with Gasteiger partial charge in [-0.05, 0) is 19.5 Å². The second kappa shape index (κ2) is 4.56. The van der Waals surface area contributed by atoms with Crippen molar-refractivity contribution in [2.75, 3.05) is 7.05 Å². The number of nitrogens with zero attached hydrogens (tertiary/aromatic N) is 2. The van der Waals surface area contributed by atoms with Crippen molar-refractivity contribution in [1.82, 2.24) is 14.5 Å². The van der Waals surface area contributed by atoms with E-state index in [2.05, 4.69) is 9.82 Å². The summed E-state index contributed by atoms with van der Waals surface area (Å²) in [5.74, 6) is -0.0104. The molecule has 0 aliphatic heterocycles. The molecule has 1 aromatic heterocycles. The van der Waals surface area contributed by atoms with Crippen molar-refractivity contribution < 1.29 is 8.42 Å². The van der Waals surface area contributed by atoms with E-state index in [-0.39, 0.29) is 5.75 Å². The Kier molecular flexibility index (Phi) is 3.65. The molecule has 1 rings (SSSR count). The van der Waals surface area contributed by atoms with Crippen molar-refractivity contribution in [3.8, 4) is 0 Å². The Morgan fingerprint density at radius 3 is 2.86 bits per heavy atom. The average Bonchev–Trinajstić information content (AvgIpc) is 2.53. The van der Waals surface area contributed by atoms with Gasteiger partial charge < -0.3 is 0 Å². The first kappa shape index (κ1) is 11.2. The fraction of sp³-hybridized carbons (Fsp3) is 0.625. The normalized spacial score (nSPS) is 11.9. The van der Waals surface area contributed by atoms with Crippen LogP contribution in [-0.2, 0) is 22.3 Å². The Bertz CT molecular complexity index is 383. The molecule has 0 aliphatic rings. The van der Waals surface area contributed by atoms with Gasteiger partial charge in [-0.2, -0.15) is 5.10 Å². The van der Waals surface area contributed by atoms with Gasteiger partial charge in [-0.3, -0.25) is 4.68 Å². The molecular weight excluding hydrogens is 202 g/mol. The second-order valence-corrected chi connectivity index (χ2v) is 4.94. The van der Waals surface area contributed by atoms with Crippen molar-refractivity contribution in [2.45, 2.75) is 25.6 Å². The zero-order valence-corrected chi connectivity index (χ0v) is 9.21. The molecule has 1 heterocycles. The summed E-state index contributed by atoms with van der Waals surface area (Å²) in [5.41, 5.74) is 0.723. The molecule has 1 aromatic rings. The molecule has 0 radical (unpaired) electrons. The van der Waals surface area contributed by atoms with Crippen LogP contribution in [0.15, 0.2) is 12.3 Å². The first-order chi connectivity index (χ1) is 6.59. The Labute approximate surface area is 84.2 Å². The van der Waals surface area contributed by atoms with Crippen LogP contribution < -0.4 is 4.72 Å². The molecule has 0 fully saturated rings. The number of aryl methyl sites for hydroxylation is 1. The van der Waals surface area contributed by atoms with Gasteiger partial charge in [0.2, 0.25) is 10.0 Å². The lowest BCUT2D eigenvalue weighted by Gasteiger charge is -2.05. The molecule has 1 N–H and O–H groups in total. The fourth-order valence-corrected chi connectivity index (χ4v) is 1.94. The standard InChI is InChI=1S/C8H15N3O2S/c1-3-6-11-8(4-5-10-11)7-14(12,13)9-2/h4-5,9H,3,6-7H2,1-2H3. The van der Waals surface area contributed by atoms with Crippen molar-refractivity contribution in [3.63, 3.8) is 0 Å². The molecule has 0 amide bonds. The number of nitrogens with one attached hydrogen (secondary N) is 1. The Morgan fingerprint density at radius 2 is 2.29 bits per heavy atom. The Balaban J connectivity index is 2.81. The van der Waals surface area contributed by atoms with E-state index in [0.717, 1.165) is 18.7 Å². The molecule has 0 bridgehead atoms. The summed E-state index contributed by atoms with van der Waals surface area (Å²) in [5, 5.41) is 4.05. The molecule has 14 heavy (non-hydrogen) atoms. The number of sulfonamides is 1. The zero-order valence-electron chi connectivity index (χ0n) is 8.40. The molecule has 0 saturated carbocycles. The molecule has 6 heteroatoms. The van der Waals surface area contributed by atoms with Crippen LogP contribution in [0.25, 0.3) is 0 Å². The second-order valence-electron chi connectivity index (χ2n) is 3.01. The van der Waals surface area contributed by atoms with Crippen LogP contribution in [0.2, 0.25) is 0 Å². The SMILES string of the molecule is CCCn1nccc1CS(=O)(=O)NC. The average molecular weight is 217 g/mol. The van der Waals surface area contributed by atoms with Crippen LogP contribution in [-0.4, -0.2) is 25.2 Å². The van der Waals surface area contributed by atoms with E-state index in [1.54, 1.807) is 16.9 Å². The molecular formula is C8H15N3O2S. The summed E-state index contributed by atoms with van der Waals surface area (Å²) in [6.07, 6.45) is 2.56. The monoisotopic (exact) mass is 217 g/mol. The van der Waals surface area contributed by atoms with E-state index in [0.29, 0.717) is 0 Å². The molecule has 5 nitrogen and oxygen atoms in total. The summed E-state index contributed by atoms with van der Waals surface area (Å²) in [7, 11) is -1.78. The number of hydrogen-bond donors (Lipinski definition) is 1. The van der Waals surface area contributed by atoms with Gasteiger partial charge in [0.05, 0.1) is 5.69 Å². The van der Waals surface area contributed by atoms with Crippen LogP contribution >= 0.6 is 0 Å². The summed E-state index contributed by atoms with van der Waals surface area (Å²) in [6.45, 7) is 2.78. The van der Waals surface area contributed by atoms with Crippen LogP contribution in [0.3, 0.4) is 0 Å². The number of hydrogen-bond acceptors (Lipinski definition) is 3. The molecule has 0 spiro atoms. The number of aromatic nitrogens is 2. The van der Waals surface area contributed by atoms with Crippen LogP contribution in [0.5, 0.6) is 0 Å². The largest absolute Gasteiger partial charge is 0.269 e. The van der Waals surface area contributed by atoms with Gasteiger partial charge in [0.25, 0.3) is 0 Å². The smallest absolute Gasteiger partial charge is 0.217 e. The lowest BCUT2D eigenvalue weighted by molar-refractivity contribution is 0.566. The topological polar surface area (TPSA) is 64.0 Å². The maximum absolute atomic E-state index is 11.3. The molecule has 0 atom stereocenters. The van der Waals surface area contributed by atoms with E-state index in [1.165, 1.54) is 7.05 Å². The molecule has 0 saturated heterocycles. The first-order valence-corrected chi connectivity index (χ1v) is 6.16. The molecule has 80 valence electrons. The first-order valence-electron chi connectivity index (χ1n) is 4.51. The van der Waals surface area contributed by atoms with Gasteiger partial charge in [0, 0.05) is 12.7 Å². The molecule has 0 unspecified atom stereocenters. The van der Waals surface area contributed by atoms with Crippen LogP contribution in [0.4, 0.5) is 0 Å². The van der Waals surface area contributed by atoms with Crippen LogP contribution in [0, 0.1) is 0 Å². The predicted molar refractivity (Wildman–Crippen MR) is 54.2 cm³/mol. The van der Waals surface area contributed by atoms with Gasteiger partial charge in [-0.15, -0.1) is 0 Å². The lowest BCUT2D eigenvalue weighted by atomic mass is 10.4. The summed E-state index contributed by atoms with van der Waals surface area (Å²) in [4.78, 5) is 0. The van der Waals surface area contributed by atoms with E-state index < -0.39 is 10.0 Å². The quantitative estimate of drug-likeness (QED) is 0.773. The highest BCUT2D eigenvalue weighted by Crippen LogP contribution is 2.04. The number of rotatable bonds is 5. The van der Waals surface area contributed by atoms with Gasteiger partial charge >= 0.3 is 0 Å². The van der Waals surface area contributed by atoms with Gasteiger partial charge in [0.15, 0.2) is 0 Å². The summed E-state index contributed by atoms with van der Waals surface area (Å²) in [6, 6.07) is 1.73. The van der Waals surface area contributed by atoms with Crippen molar-refractivity contribution in [1.29, 1.82) is 0 Å². The van der Waals surface area contributed by atoms with Crippen molar-refractivity contribution in [3.05, 3.63) is 18.0 Å². The van der Waals surface area contributed by atoms with Crippen molar-refractivity contribution in [2.24, 2.45) is 0 Å². The highest BCUT2D eigenvalue weighted by molar-refractivity contribution is 7.88. The van der Waals surface area contributed by atoms with E-state index in [4.69, 9.17) is 0 Å².